The molecule has 5 nitrogen and oxygen atoms in total. The van der Waals surface area contributed by atoms with E-state index in [1.54, 1.807) is 26.5 Å². The Morgan fingerprint density at radius 3 is 2.74 bits per heavy atom. The molecule has 0 aliphatic rings. The molecule has 0 aromatic heterocycles. The van der Waals surface area contributed by atoms with Crippen LogP contribution in [-0.4, -0.2) is 25.5 Å². The third kappa shape index (κ3) is 4.26. The summed E-state index contributed by atoms with van der Waals surface area (Å²) in [5.41, 5.74) is 9.59. The van der Waals surface area contributed by atoms with E-state index in [2.05, 4.69) is 29.3 Å². The first-order valence-corrected chi connectivity index (χ1v) is 5.97. The van der Waals surface area contributed by atoms with Crippen molar-refractivity contribution in [2.24, 2.45) is 10.8 Å². The van der Waals surface area contributed by atoms with Gasteiger partial charge in [-0.05, 0) is 36.3 Å². The summed E-state index contributed by atoms with van der Waals surface area (Å²) in [7, 11) is 3.19. The highest BCUT2D eigenvalue weighted by Crippen LogP contribution is 2.32. The summed E-state index contributed by atoms with van der Waals surface area (Å²) in [4.78, 5) is 0. The van der Waals surface area contributed by atoms with Gasteiger partial charge in [0, 0.05) is 5.56 Å². The van der Waals surface area contributed by atoms with E-state index in [0.717, 1.165) is 11.1 Å². The number of nitrogens with one attached hydrogen (secondary N) is 1. The summed E-state index contributed by atoms with van der Waals surface area (Å²) < 4.78 is 10.6. The predicted molar refractivity (Wildman–Crippen MR) is 81.0 cm³/mol. The fourth-order valence-corrected chi connectivity index (χ4v) is 1.67. The largest absolute Gasteiger partial charge is 0.493 e. The molecule has 102 valence electrons. The van der Waals surface area contributed by atoms with Gasteiger partial charge in [-0.1, -0.05) is 6.08 Å². The molecule has 0 aliphatic heterocycles. The van der Waals surface area contributed by atoms with E-state index in [-0.39, 0.29) is 5.11 Å². The topological polar surface area (TPSA) is 68.9 Å². The lowest BCUT2D eigenvalue weighted by atomic mass is 10.1. The van der Waals surface area contributed by atoms with E-state index in [0.29, 0.717) is 17.9 Å². The molecule has 1 aromatic carbocycles. The Kier molecular flexibility index (Phi) is 5.81. The van der Waals surface area contributed by atoms with Crippen LogP contribution in [0.25, 0.3) is 0 Å². The average molecular weight is 279 g/mol. The van der Waals surface area contributed by atoms with Crippen LogP contribution in [0.1, 0.15) is 11.1 Å². The summed E-state index contributed by atoms with van der Waals surface area (Å²) in [5.74, 6) is 1.33. The molecule has 0 unspecified atom stereocenters. The second kappa shape index (κ2) is 7.38. The lowest BCUT2D eigenvalue weighted by Gasteiger charge is -2.12. The maximum absolute atomic E-state index is 5.34. The molecule has 3 N–H and O–H groups in total. The zero-order chi connectivity index (χ0) is 14.3. The predicted octanol–water partition coefficient (Wildman–Crippen LogP) is 1.60. The SMILES string of the molecule is C=CCc1cc(C=NNC(N)=S)cc(OC)c1OC. The van der Waals surface area contributed by atoms with E-state index >= 15 is 0 Å². The molecule has 6 heteroatoms. The molecule has 1 rings (SSSR count). The minimum atomic E-state index is 0.114. The van der Waals surface area contributed by atoms with Gasteiger partial charge in [0.2, 0.25) is 0 Å². The van der Waals surface area contributed by atoms with E-state index < -0.39 is 0 Å². The molecule has 0 fully saturated rings. The molecule has 0 saturated heterocycles. The van der Waals surface area contributed by atoms with Gasteiger partial charge < -0.3 is 15.2 Å². The summed E-state index contributed by atoms with van der Waals surface area (Å²) in [5, 5.41) is 4.02. The number of thiocarbonyl (C=S) groups is 1. The molecule has 0 amide bonds. The number of nitrogens with zero attached hydrogens (tertiary/aromatic N) is 1. The van der Waals surface area contributed by atoms with E-state index in [9.17, 15) is 0 Å². The van der Waals surface area contributed by atoms with Crippen molar-refractivity contribution < 1.29 is 9.47 Å². The fourth-order valence-electron chi connectivity index (χ4n) is 1.62. The maximum Gasteiger partial charge on any atom is 0.184 e. The van der Waals surface area contributed by atoms with Crippen LogP contribution in [0.5, 0.6) is 11.5 Å². The first-order valence-electron chi connectivity index (χ1n) is 5.56. The number of benzene rings is 1. The molecule has 0 radical (unpaired) electrons. The molecule has 19 heavy (non-hydrogen) atoms. The van der Waals surface area contributed by atoms with Gasteiger partial charge in [-0.15, -0.1) is 6.58 Å². The summed E-state index contributed by atoms with van der Waals surface area (Å²) in [6, 6.07) is 3.75. The number of nitrogens with two attached hydrogens (primary N) is 1. The lowest BCUT2D eigenvalue weighted by molar-refractivity contribution is 0.352. The van der Waals surface area contributed by atoms with Gasteiger partial charge in [0.15, 0.2) is 16.6 Å². The number of rotatable bonds is 6. The van der Waals surface area contributed by atoms with Gasteiger partial charge in [0.1, 0.15) is 0 Å². The van der Waals surface area contributed by atoms with Crippen molar-refractivity contribution in [3.63, 3.8) is 0 Å². The summed E-state index contributed by atoms with van der Waals surface area (Å²) in [6.07, 6.45) is 4.07. The molecule has 0 saturated carbocycles. The Bertz CT molecular complexity index is 501. The molecule has 1 aromatic rings. The molecule has 0 heterocycles. The first-order chi connectivity index (χ1) is 9.12. The van der Waals surface area contributed by atoms with Gasteiger partial charge in [-0.25, -0.2) is 0 Å². The number of ether oxygens (including phenoxy) is 2. The van der Waals surface area contributed by atoms with Crippen LogP contribution in [0.15, 0.2) is 29.9 Å². The van der Waals surface area contributed by atoms with Crippen molar-refractivity contribution in [1.29, 1.82) is 0 Å². The zero-order valence-electron chi connectivity index (χ0n) is 11.0. The van der Waals surface area contributed by atoms with Crippen molar-refractivity contribution in [3.05, 3.63) is 35.9 Å². The molecule has 0 spiro atoms. The normalized spacial score (nSPS) is 10.2. The van der Waals surface area contributed by atoms with E-state index in [4.69, 9.17) is 15.2 Å². The number of hydrazone groups is 1. The number of methoxy groups -OCH3 is 2. The van der Waals surface area contributed by atoms with E-state index in [1.807, 2.05) is 12.1 Å². The van der Waals surface area contributed by atoms with Crippen LogP contribution in [0, 0.1) is 0 Å². The Morgan fingerprint density at radius 1 is 1.47 bits per heavy atom. The average Bonchev–Trinajstić information content (AvgIpc) is 2.38. The van der Waals surface area contributed by atoms with Crippen molar-refractivity contribution in [2.75, 3.05) is 14.2 Å². The van der Waals surface area contributed by atoms with Crippen molar-refractivity contribution in [3.8, 4) is 11.5 Å². The minimum absolute atomic E-state index is 0.114. The first kappa shape index (κ1) is 15.0. The van der Waals surface area contributed by atoms with Gasteiger partial charge >= 0.3 is 0 Å². The van der Waals surface area contributed by atoms with Gasteiger partial charge in [-0.2, -0.15) is 5.10 Å². The van der Waals surface area contributed by atoms with Crippen LogP contribution in [0.4, 0.5) is 0 Å². The monoisotopic (exact) mass is 279 g/mol. The second-order valence-corrected chi connectivity index (χ2v) is 4.08. The Morgan fingerprint density at radius 2 is 2.21 bits per heavy atom. The van der Waals surface area contributed by atoms with Crippen LogP contribution >= 0.6 is 12.2 Å². The van der Waals surface area contributed by atoms with Crippen LogP contribution in [-0.2, 0) is 6.42 Å². The van der Waals surface area contributed by atoms with E-state index in [1.165, 1.54) is 0 Å². The Labute approximate surface area is 118 Å². The molecule has 0 bridgehead atoms. The number of allylic oxidation sites excluding steroid dienone is 1. The fraction of sp³-hybridized carbons (Fsp3) is 0.231. The molecule has 0 atom stereocenters. The molecule has 0 aliphatic carbocycles. The quantitative estimate of drug-likeness (QED) is 0.358. The highest BCUT2D eigenvalue weighted by Gasteiger charge is 2.10. The van der Waals surface area contributed by atoms with Gasteiger partial charge in [0.05, 0.1) is 20.4 Å². The zero-order valence-corrected chi connectivity index (χ0v) is 11.8. The highest BCUT2D eigenvalue weighted by molar-refractivity contribution is 7.80. The highest BCUT2D eigenvalue weighted by atomic mass is 32.1. The third-order valence-electron chi connectivity index (χ3n) is 2.33. The standard InChI is InChI=1S/C13H17N3O2S/c1-4-5-10-6-9(8-15-16-13(14)19)7-11(17-2)12(10)18-3/h4,6-8H,1,5H2,2-3H3,(H3,14,16,19). The second-order valence-electron chi connectivity index (χ2n) is 3.64. The Hall–Kier alpha value is -2.08. The van der Waals surface area contributed by atoms with Gasteiger partial charge in [-0.3, -0.25) is 5.43 Å². The lowest BCUT2D eigenvalue weighted by Crippen LogP contribution is -2.24. The molecular formula is C13H17N3O2S. The Balaban J connectivity index is 3.12. The van der Waals surface area contributed by atoms with Gasteiger partial charge in [0.25, 0.3) is 0 Å². The van der Waals surface area contributed by atoms with Crippen molar-refractivity contribution >= 4 is 23.5 Å². The van der Waals surface area contributed by atoms with Crippen molar-refractivity contribution in [2.45, 2.75) is 6.42 Å². The number of hydrogen-bond acceptors (Lipinski definition) is 4. The third-order valence-corrected chi connectivity index (χ3v) is 2.42. The smallest absolute Gasteiger partial charge is 0.184 e. The van der Waals surface area contributed by atoms with Crippen LogP contribution < -0.4 is 20.6 Å². The van der Waals surface area contributed by atoms with Crippen molar-refractivity contribution in [1.82, 2.24) is 5.43 Å². The number of hydrogen-bond donors (Lipinski definition) is 2. The summed E-state index contributed by atoms with van der Waals surface area (Å²) in [6.45, 7) is 3.73. The minimum Gasteiger partial charge on any atom is -0.493 e. The maximum atomic E-state index is 5.34. The molecular weight excluding hydrogens is 262 g/mol. The van der Waals surface area contributed by atoms with Crippen LogP contribution in [0.3, 0.4) is 0 Å². The van der Waals surface area contributed by atoms with Crippen LogP contribution in [0.2, 0.25) is 0 Å². The summed E-state index contributed by atoms with van der Waals surface area (Å²) >= 11 is 4.66.